The van der Waals surface area contributed by atoms with Crippen molar-refractivity contribution in [2.24, 2.45) is 5.92 Å². The zero-order valence-corrected chi connectivity index (χ0v) is 12.6. The molecular formula is C17H22FN3O. The van der Waals surface area contributed by atoms with Gasteiger partial charge in [-0.05, 0) is 30.9 Å². The number of benzene rings is 1. The lowest BCUT2D eigenvalue weighted by molar-refractivity contribution is -0.133. The minimum Gasteiger partial charge on any atom is -0.341 e. The summed E-state index contributed by atoms with van der Waals surface area (Å²) in [6.07, 6.45) is 4.32. The Morgan fingerprint density at radius 3 is 2.91 bits per heavy atom. The van der Waals surface area contributed by atoms with Crippen LogP contribution in [0.4, 0.5) is 4.39 Å². The van der Waals surface area contributed by atoms with Crippen molar-refractivity contribution in [3.63, 3.8) is 0 Å². The third-order valence-electron chi connectivity index (χ3n) is 5.53. The molecule has 5 heteroatoms. The van der Waals surface area contributed by atoms with E-state index in [1.807, 2.05) is 17.0 Å². The molecule has 118 valence electrons. The highest BCUT2D eigenvalue weighted by Gasteiger charge is 2.45. The standard InChI is InChI=1S/C17H22FN3O/c18-14-6-2-1-4-12(14)11-8-9-21(10-11)17(22)16-13-5-3-7-15(13)19-20-16/h1-2,4,6,11,13,15-16,19-20H,3,5,7-10H2. The monoisotopic (exact) mass is 303 g/mol. The van der Waals surface area contributed by atoms with E-state index in [1.165, 1.54) is 12.5 Å². The number of nitrogens with one attached hydrogen (secondary N) is 2. The van der Waals surface area contributed by atoms with E-state index in [0.29, 0.717) is 18.5 Å². The molecule has 1 amide bonds. The highest BCUT2D eigenvalue weighted by atomic mass is 19.1. The van der Waals surface area contributed by atoms with Crippen LogP contribution in [-0.4, -0.2) is 36.0 Å². The number of hydrogen-bond acceptors (Lipinski definition) is 3. The van der Waals surface area contributed by atoms with Crippen LogP contribution in [0.25, 0.3) is 0 Å². The smallest absolute Gasteiger partial charge is 0.241 e. The summed E-state index contributed by atoms with van der Waals surface area (Å²) in [4.78, 5) is 14.7. The van der Waals surface area contributed by atoms with Gasteiger partial charge in [-0.25, -0.2) is 9.82 Å². The molecule has 3 aliphatic rings. The van der Waals surface area contributed by atoms with Crippen molar-refractivity contribution >= 4 is 5.91 Å². The number of carbonyl (C=O) groups excluding carboxylic acids is 1. The number of hydrogen-bond donors (Lipinski definition) is 2. The Balaban J connectivity index is 1.44. The molecule has 4 unspecified atom stereocenters. The van der Waals surface area contributed by atoms with E-state index in [-0.39, 0.29) is 23.7 Å². The minimum atomic E-state index is -0.154. The molecule has 0 aromatic heterocycles. The highest BCUT2D eigenvalue weighted by Crippen LogP contribution is 2.34. The van der Waals surface area contributed by atoms with E-state index in [1.54, 1.807) is 6.07 Å². The van der Waals surface area contributed by atoms with Crippen LogP contribution in [0, 0.1) is 11.7 Å². The molecule has 2 heterocycles. The lowest BCUT2D eigenvalue weighted by Gasteiger charge is -2.23. The fourth-order valence-electron chi connectivity index (χ4n) is 4.33. The number of carbonyl (C=O) groups is 1. The molecule has 1 saturated carbocycles. The quantitative estimate of drug-likeness (QED) is 0.875. The van der Waals surface area contributed by atoms with E-state index >= 15 is 0 Å². The molecule has 0 bridgehead atoms. The van der Waals surface area contributed by atoms with Crippen molar-refractivity contribution in [2.75, 3.05) is 13.1 Å². The zero-order chi connectivity index (χ0) is 15.1. The Kier molecular flexibility index (Phi) is 3.62. The molecule has 3 fully saturated rings. The van der Waals surface area contributed by atoms with E-state index in [0.717, 1.165) is 31.4 Å². The molecule has 0 radical (unpaired) electrons. The second-order valence-electron chi connectivity index (χ2n) is 6.76. The number of halogens is 1. The average molecular weight is 303 g/mol. The van der Waals surface area contributed by atoms with Crippen molar-refractivity contribution in [3.05, 3.63) is 35.6 Å². The summed E-state index contributed by atoms with van der Waals surface area (Å²) < 4.78 is 13.9. The maximum atomic E-state index is 13.9. The Labute approximate surface area is 130 Å². The molecule has 0 spiro atoms. The van der Waals surface area contributed by atoms with Crippen LogP contribution >= 0.6 is 0 Å². The van der Waals surface area contributed by atoms with Crippen LogP contribution in [0.1, 0.15) is 37.2 Å². The molecular weight excluding hydrogens is 281 g/mol. The second kappa shape index (κ2) is 5.63. The van der Waals surface area contributed by atoms with Gasteiger partial charge in [0.2, 0.25) is 5.91 Å². The van der Waals surface area contributed by atoms with E-state index in [2.05, 4.69) is 10.9 Å². The lowest BCUT2D eigenvalue weighted by atomic mass is 9.96. The first-order valence-corrected chi connectivity index (χ1v) is 8.28. The van der Waals surface area contributed by atoms with Crippen LogP contribution in [0.2, 0.25) is 0 Å². The third kappa shape index (κ3) is 2.32. The van der Waals surface area contributed by atoms with Gasteiger partial charge in [0.25, 0.3) is 0 Å². The highest BCUT2D eigenvalue weighted by molar-refractivity contribution is 5.83. The maximum absolute atomic E-state index is 13.9. The van der Waals surface area contributed by atoms with Crippen LogP contribution in [0.3, 0.4) is 0 Å². The van der Waals surface area contributed by atoms with Gasteiger partial charge in [0, 0.05) is 31.0 Å². The predicted octanol–water partition coefficient (Wildman–Crippen LogP) is 1.79. The van der Waals surface area contributed by atoms with E-state index in [9.17, 15) is 9.18 Å². The number of amides is 1. The largest absolute Gasteiger partial charge is 0.341 e. The van der Waals surface area contributed by atoms with E-state index in [4.69, 9.17) is 0 Å². The number of fused-ring (bicyclic) bond motifs is 1. The van der Waals surface area contributed by atoms with Crippen molar-refractivity contribution in [1.29, 1.82) is 0 Å². The van der Waals surface area contributed by atoms with Crippen LogP contribution in [0.5, 0.6) is 0 Å². The van der Waals surface area contributed by atoms with Gasteiger partial charge in [-0.2, -0.15) is 0 Å². The fraction of sp³-hybridized carbons (Fsp3) is 0.588. The van der Waals surface area contributed by atoms with Crippen molar-refractivity contribution in [1.82, 2.24) is 15.8 Å². The van der Waals surface area contributed by atoms with Gasteiger partial charge < -0.3 is 4.90 Å². The van der Waals surface area contributed by atoms with Crippen molar-refractivity contribution in [2.45, 2.75) is 43.7 Å². The Bertz CT molecular complexity index is 579. The average Bonchev–Trinajstić information content (AvgIpc) is 3.23. The zero-order valence-electron chi connectivity index (χ0n) is 12.6. The fourth-order valence-corrected chi connectivity index (χ4v) is 4.33. The number of nitrogens with zero attached hydrogens (tertiary/aromatic N) is 1. The number of rotatable bonds is 2. The van der Waals surface area contributed by atoms with Gasteiger partial charge in [-0.15, -0.1) is 0 Å². The number of hydrazine groups is 1. The summed E-state index contributed by atoms with van der Waals surface area (Å²) in [5.74, 6) is 0.568. The minimum absolute atomic E-state index is 0.105. The molecule has 1 aromatic carbocycles. The summed E-state index contributed by atoms with van der Waals surface area (Å²) in [5, 5.41) is 0. The SMILES string of the molecule is O=C(C1NNC2CCCC21)N1CCC(c2ccccc2F)C1. The van der Waals surface area contributed by atoms with Gasteiger partial charge >= 0.3 is 0 Å². The second-order valence-corrected chi connectivity index (χ2v) is 6.76. The van der Waals surface area contributed by atoms with Crippen LogP contribution in [0.15, 0.2) is 24.3 Å². The lowest BCUT2D eigenvalue weighted by Crippen LogP contribution is -2.47. The summed E-state index contributed by atoms with van der Waals surface area (Å²) in [6, 6.07) is 7.27. The van der Waals surface area contributed by atoms with Gasteiger partial charge in [0.1, 0.15) is 11.9 Å². The first kappa shape index (κ1) is 14.2. The molecule has 4 nitrogen and oxygen atoms in total. The Hall–Kier alpha value is -1.46. The van der Waals surface area contributed by atoms with Crippen LogP contribution in [-0.2, 0) is 4.79 Å². The summed E-state index contributed by atoms with van der Waals surface area (Å²) in [5.41, 5.74) is 7.20. The van der Waals surface area contributed by atoms with E-state index < -0.39 is 0 Å². The van der Waals surface area contributed by atoms with Crippen LogP contribution < -0.4 is 10.9 Å². The third-order valence-corrected chi connectivity index (χ3v) is 5.53. The summed E-state index contributed by atoms with van der Waals surface area (Å²) in [7, 11) is 0. The van der Waals surface area contributed by atoms with Gasteiger partial charge in [0.05, 0.1) is 0 Å². The molecule has 22 heavy (non-hydrogen) atoms. The van der Waals surface area contributed by atoms with Crippen molar-refractivity contribution < 1.29 is 9.18 Å². The maximum Gasteiger partial charge on any atom is 0.241 e. The van der Waals surface area contributed by atoms with Gasteiger partial charge in [-0.1, -0.05) is 24.6 Å². The topological polar surface area (TPSA) is 44.4 Å². The molecule has 4 rings (SSSR count). The molecule has 2 saturated heterocycles. The first-order valence-electron chi connectivity index (χ1n) is 8.28. The molecule has 1 aliphatic carbocycles. The van der Waals surface area contributed by atoms with Gasteiger partial charge in [-0.3, -0.25) is 10.2 Å². The molecule has 1 aromatic rings. The molecule has 4 atom stereocenters. The molecule has 2 N–H and O–H groups in total. The summed E-state index contributed by atoms with van der Waals surface area (Å²) in [6.45, 7) is 1.36. The predicted molar refractivity (Wildman–Crippen MR) is 81.5 cm³/mol. The Morgan fingerprint density at radius 1 is 1.18 bits per heavy atom. The molecule has 2 aliphatic heterocycles. The van der Waals surface area contributed by atoms with Gasteiger partial charge in [0.15, 0.2) is 0 Å². The normalized spacial score (nSPS) is 34.1. The summed E-state index contributed by atoms with van der Waals surface area (Å²) >= 11 is 0. The van der Waals surface area contributed by atoms with Crippen molar-refractivity contribution in [3.8, 4) is 0 Å². The Morgan fingerprint density at radius 2 is 2.05 bits per heavy atom. The number of likely N-dealkylation sites (tertiary alicyclic amines) is 1. The first-order chi connectivity index (χ1) is 10.7.